The lowest BCUT2D eigenvalue weighted by Crippen LogP contribution is -1.46. The van der Waals surface area contributed by atoms with Crippen LogP contribution < -0.4 is 0 Å². The molecule has 0 aliphatic heterocycles. The van der Waals surface area contributed by atoms with Crippen molar-refractivity contribution in [3.8, 4) is 10.1 Å². The van der Waals surface area contributed by atoms with E-state index in [1.807, 2.05) is 10.8 Å². The maximum absolute atomic E-state index is 8.73. The molecular weight excluding hydrogens is 352 g/mol. The molecule has 2 nitrogen and oxygen atoms in total. The van der Waals surface area contributed by atoms with Gasteiger partial charge in [0.15, 0.2) is 10.1 Å². The maximum Gasteiger partial charge on any atom is 0.185 e. The summed E-state index contributed by atoms with van der Waals surface area (Å²) in [6.07, 6.45) is 0. The minimum atomic E-state index is 0.347. The molecule has 2 aromatic rings. The van der Waals surface area contributed by atoms with Crippen LogP contribution in [0.1, 0.15) is 0 Å². The number of halogens is 2. The highest BCUT2D eigenvalue weighted by atomic mass is 79.9. The lowest BCUT2D eigenvalue weighted by atomic mass is 10.7. The largest absolute Gasteiger partial charge is 0.499 e. The average molecular weight is 358 g/mol. The minimum Gasteiger partial charge on any atom is -0.499 e. The molecule has 0 bridgehead atoms. The molecule has 76 valence electrons. The molecule has 0 amide bonds. The first-order valence-electron chi connectivity index (χ1n) is 3.45. The Morgan fingerprint density at radius 3 is 1.29 bits per heavy atom. The molecule has 2 rings (SSSR count). The van der Waals surface area contributed by atoms with E-state index in [1.165, 1.54) is 22.7 Å². The Balaban J connectivity index is 0.000000140. The molecule has 0 unspecified atom stereocenters. The van der Waals surface area contributed by atoms with Gasteiger partial charge >= 0.3 is 0 Å². The highest BCUT2D eigenvalue weighted by Gasteiger charge is 1.93. The van der Waals surface area contributed by atoms with Crippen LogP contribution in [0.4, 0.5) is 0 Å². The zero-order valence-electron chi connectivity index (χ0n) is 6.78. The molecule has 0 saturated heterocycles. The number of aromatic hydroxyl groups is 2. The van der Waals surface area contributed by atoms with Crippen LogP contribution in [0.2, 0.25) is 0 Å². The van der Waals surface area contributed by atoms with Gasteiger partial charge in [0, 0.05) is 0 Å². The summed E-state index contributed by atoms with van der Waals surface area (Å²) in [6.45, 7) is 0. The fraction of sp³-hybridized carbons (Fsp3) is 0. The van der Waals surface area contributed by atoms with Gasteiger partial charge in [0.1, 0.15) is 0 Å². The number of thiophene rings is 2. The third kappa shape index (κ3) is 3.61. The molecule has 6 heteroatoms. The van der Waals surface area contributed by atoms with Gasteiger partial charge in [-0.15, -0.1) is 22.7 Å². The smallest absolute Gasteiger partial charge is 0.185 e. The van der Waals surface area contributed by atoms with E-state index >= 15 is 0 Å². The van der Waals surface area contributed by atoms with Gasteiger partial charge in [-0.25, -0.2) is 0 Å². The molecule has 2 heterocycles. The van der Waals surface area contributed by atoms with Gasteiger partial charge in [0.25, 0.3) is 0 Å². The summed E-state index contributed by atoms with van der Waals surface area (Å²) >= 11 is 8.88. The number of hydrogen-bond donors (Lipinski definition) is 2. The Kier molecular flexibility index (Phi) is 4.94. The monoisotopic (exact) mass is 356 g/mol. The van der Waals surface area contributed by atoms with E-state index in [0.29, 0.717) is 10.1 Å². The predicted molar refractivity (Wildman–Crippen MR) is 67.4 cm³/mol. The topological polar surface area (TPSA) is 40.5 Å². The molecule has 0 spiro atoms. The predicted octanol–water partition coefficient (Wildman–Crippen LogP) is 4.43. The SMILES string of the molecule is Oc1sccc1Br.Oc1sccc1Br. The Labute approximate surface area is 106 Å². The Morgan fingerprint density at radius 2 is 1.21 bits per heavy atom. The summed E-state index contributed by atoms with van der Waals surface area (Å²) in [6, 6.07) is 3.61. The number of hydrogen-bond acceptors (Lipinski definition) is 4. The van der Waals surface area contributed by atoms with E-state index < -0.39 is 0 Å². The third-order valence-corrected chi connectivity index (χ3v) is 4.43. The van der Waals surface area contributed by atoms with Crippen LogP contribution in [-0.4, -0.2) is 10.2 Å². The first-order valence-corrected chi connectivity index (χ1v) is 6.79. The van der Waals surface area contributed by atoms with Gasteiger partial charge in [-0.2, -0.15) is 0 Å². The molecule has 2 aromatic heterocycles. The molecule has 14 heavy (non-hydrogen) atoms. The second-order valence-electron chi connectivity index (χ2n) is 2.15. The van der Waals surface area contributed by atoms with E-state index in [1.54, 1.807) is 12.1 Å². The van der Waals surface area contributed by atoms with Crippen molar-refractivity contribution in [3.05, 3.63) is 31.8 Å². The normalized spacial score (nSPS) is 9.29. The third-order valence-electron chi connectivity index (χ3n) is 1.20. The standard InChI is InChI=1S/2C4H3BrOS/c2*5-3-1-2-7-4(3)6/h2*1-2,6H. The summed E-state index contributed by atoms with van der Waals surface area (Å²) in [5, 5.41) is 21.8. The highest BCUT2D eigenvalue weighted by Crippen LogP contribution is 2.29. The average Bonchev–Trinajstić information content (AvgIpc) is 2.67. The molecular formula is C8H6Br2O2S2. The van der Waals surface area contributed by atoms with Crippen molar-refractivity contribution < 1.29 is 10.2 Å². The Hall–Kier alpha value is -0.0400. The number of rotatable bonds is 0. The maximum atomic E-state index is 8.73. The van der Waals surface area contributed by atoms with E-state index in [9.17, 15) is 0 Å². The fourth-order valence-electron chi connectivity index (χ4n) is 0.572. The van der Waals surface area contributed by atoms with Gasteiger partial charge in [-0.3, -0.25) is 0 Å². The molecule has 0 radical (unpaired) electrons. The highest BCUT2D eigenvalue weighted by molar-refractivity contribution is 9.11. The van der Waals surface area contributed by atoms with Gasteiger partial charge in [0.05, 0.1) is 8.95 Å². The van der Waals surface area contributed by atoms with Gasteiger partial charge in [0.2, 0.25) is 0 Å². The molecule has 0 saturated carbocycles. The molecule has 0 aliphatic carbocycles. The zero-order chi connectivity index (χ0) is 10.6. The van der Waals surface area contributed by atoms with Crippen molar-refractivity contribution in [1.82, 2.24) is 0 Å². The Bertz CT molecular complexity index is 326. The van der Waals surface area contributed by atoms with Crippen LogP contribution in [0.25, 0.3) is 0 Å². The minimum absolute atomic E-state index is 0.347. The van der Waals surface area contributed by atoms with Crippen molar-refractivity contribution >= 4 is 54.5 Å². The van der Waals surface area contributed by atoms with E-state index in [-0.39, 0.29) is 0 Å². The van der Waals surface area contributed by atoms with E-state index in [4.69, 9.17) is 10.2 Å². The van der Waals surface area contributed by atoms with Crippen LogP contribution in [0.15, 0.2) is 31.8 Å². The molecule has 2 N–H and O–H groups in total. The van der Waals surface area contributed by atoms with Crippen LogP contribution >= 0.6 is 54.5 Å². The van der Waals surface area contributed by atoms with E-state index in [0.717, 1.165) is 8.95 Å². The lowest BCUT2D eigenvalue weighted by Gasteiger charge is -1.77. The molecule has 0 atom stereocenters. The first kappa shape index (κ1) is 12.0. The zero-order valence-corrected chi connectivity index (χ0v) is 11.6. The summed E-state index contributed by atoms with van der Waals surface area (Å²) in [5.74, 6) is 0. The lowest BCUT2D eigenvalue weighted by molar-refractivity contribution is 0.487. The Morgan fingerprint density at radius 1 is 0.857 bits per heavy atom. The summed E-state index contributed by atoms with van der Waals surface area (Å²) < 4.78 is 1.55. The van der Waals surface area contributed by atoms with Gasteiger partial charge in [-0.1, -0.05) is 0 Å². The molecule has 0 aliphatic rings. The van der Waals surface area contributed by atoms with Crippen molar-refractivity contribution in [2.24, 2.45) is 0 Å². The summed E-state index contributed by atoms with van der Waals surface area (Å²) in [7, 11) is 0. The first-order chi connectivity index (χ1) is 6.61. The van der Waals surface area contributed by atoms with Crippen LogP contribution in [0.5, 0.6) is 10.1 Å². The van der Waals surface area contributed by atoms with E-state index in [2.05, 4.69) is 31.9 Å². The second kappa shape index (κ2) is 5.75. The van der Waals surface area contributed by atoms with Crippen molar-refractivity contribution in [3.63, 3.8) is 0 Å². The second-order valence-corrected chi connectivity index (χ2v) is 5.65. The molecule has 0 aromatic carbocycles. The van der Waals surface area contributed by atoms with Crippen molar-refractivity contribution in [2.45, 2.75) is 0 Å². The van der Waals surface area contributed by atoms with Crippen molar-refractivity contribution in [1.29, 1.82) is 0 Å². The molecule has 0 fully saturated rings. The van der Waals surface area contributed by atoms with Crippen LogP contribution in [0.3, 0.4) is 0 Å². The van der Waals surface area contributed by atoms with Crippen molar-refractivity contribution in [2.75, 3.05) is 0 Å². The van der Waals surface area contributed by atoms with Crippen LogP contribution in [0, 0.1) is 0 Å². The summed E-state index contributed by atoms with van der Waals surface area (Å²) in [4.78, 5) is 0. The van der Waals surface area contributed by atoms with Crippen LogP contribution in [-0.2, 0) is 0 Å². The van der Waals surface area contributed by atoms with Gasteiger partial charge < -0.3 is 10.2 Å². The van der Waals surface area contributed by atoms with Gasteiger partial charge in [-0.05, 0) is 54.8 Å². The summed E-state index contributed by atoms with van der Waals surface area (Å²) in [5.41, 5.74) is 0. The fourth-order valence-corrected chi connectivity index (χ4v) is 2.77. The quantitative estimate of drug-likeness (QED) is 0.732.